The van der Waals surface area contributed by atoms with Crippen LogP contribution in [0.3, 0.4) is 0 Å². The van der Waals surface area contributed by atoms with Gasteiger partial charge in [-0.15, -0.1) is 0 Å². The Morgan fingerprint density at radius 2 is 2.12 bits per heavy atom. The lowest BCUT2D eigenvalue weighted by molar-refractivity contribution is 0.103. The molecule has 1 atom stereocenters. The van der Waals surface area contributed by atoms with E-state index in [0.717, 1.165) is 4.57 Å². The molecule has 1 unspecified atom stereocenters. The van der Waals surface area contributed by atoms with Crippen LogP contribution in [0.4, 0.5) is 0 Å². The summed E-state index contributed by atoms with van der Waals surface area (Å²) in [4.78, 5) is 25.3. The average molecular weight is 345 g/mol. The Hall–Kier alpha value is -2.58. The number of nitrogens with zero attached hydrogens (tertiary/aromatic N) is 2. The van der Waals surface area contributed by atoms with E-state index in [4.69, 9.17) is 11.6 Å². The van der Waals surface area contributed by atoms with E-state index < -0.39 is 17.2 Å². The Morgan fingerprint density at radius 3 is 2.67 bits per heavy atom. The summed E-state index contributed by atoms with van der Waals surface area (Å²) in [5, 5.41) is 20.3. The van der Waals surface area contributed by atoms with E-state index in [-0.39, 0.29) is 28.3 Å². The van der Waals surface area contributed by atoms with Gasteiger partial charge >= 0.3 is 0 Å². The van der Waals surface area contributed by atoms with Crippen molar-refractivity contribution in [3.63, 3.8) is 0 Å². The zero-order chi connectivity index (χ0) is 18.0. The summed E-state index contributed by atoms with van der Waals surface area (Å²) < 4.78 is 1.10. The van der Waals surface area contributed by atoms with Crippen molar-refractivity contribution in [1.82, 2.24) is 4.57 Å². The van der Waals surface area contributed by atoms with Gasteiger partial charge in [0, 0.05) is 16.6 Å². The molecule has 2 aromatic rings. The Balaban J connectivity index is 2.81. The molecule has 0 bridgehead atoms. The first-order valence-electron chi connectivity index (χ1n) is 7.51. The van der Waals surface area contributed by atoms with Gasteiger partial charge in [0.05, 0.1) is 5.56 Å². The van der Waals surface area contributed by atoms with Crippen molar-refractivity contribution in [3.8, 4) is 11.9 Å². The van der Waals surface area contributed by atoms with E-state index in [2.05, 4.69) is 0 Å². The first-order chi connectivity index (χ1) is 11.3. The van der Waals surface area contributed by atoms with E-state index in [1.54, 1.807) is 25.1 Å². The molecule has 5 nitrogen and oxygen atoms in total. The molecular weight excluding hydrogens is 328 g/mol. The van der Waals surface area contributed by atoms with Crippen molar-refractivity contribution in [3.05, 3.63) is 61.9 Å². The number of hydrogen-bond acceptors (Lipinski definition) is 4. The first-order valence-corrected chi connectivity index (χ1v) is 7.89. The summed E-state index contributed by atoms with van der Waals surface area (Å²) in [7, 11) is 0. The van der Waals surface area contributed by atoms with Gasteiger partial charge in [-0.25, -0.2) is 0 Å². The van der Waals surface area contributed by atoms with Gasteiger partial charge in [0.1, 0.15) is 11.6 Å². The smallest absolute Gasteiger partial charge is 0.271 e. The second-order valence-electron chi connectivity index (χ2n) is 5.58. The predicted molar refractivity (Wildman–Crippen MR) is 91.7 cm³/mol. The van der Waals surface area contributed by atoms with E-state index >= 15 is 0 Å². The molecule has 0 aliphatic carbocycles. The minimum Gasteiger partial charge on any atom is -0.494 e. The van der Waals surface area contributed by atoms with E-state index in [1.807, 2.05) is 13.0 Å². The van der Waals surface area contributed by atoms with Gasteiger partial charge in [-0.2, -0.15) is 5.26 Å². The maximum atomic E-state index is 12.8. The van der Waals surface area contributed by atoms with Gasteiger partial charge in [-0.1, -0.05) is 30.7 Å². The lowest BCUT2D eigenvalue weighted by atomic mass is 9.97. The highest BCUT2D eigenvalue weighted by atomic mass is 35.5. The molecule has 1 heterocycles. The van der Waals surface area contributed by atoms with Gasteiger partial charge in [0.25, 0.3) is 5.56 Å². The van der Waals surface area contributed by atoms with Crippen molar-refractivity contribution >= 4 is 17.4 Å². The lowest BCUT2D eigenvalue weighted by Gasteiger charge is -2.19. The van der Waals surface area contributed by atoms with Crippen molar-refractivity contribution in [2.45, 2.75) is 33.2 Å². The Bertz CT molecular complexity index is 910. The van der Waals surface area contributed by atoms with Gasteiger partial charge < -0.3 is 5.11 Å². The zero-order valence-electron chi connectivity index (χ0n) is 13.6. The monoisotopic (exact) mass is 344 g/mol. The summed E-state index contributed by atoms with van der Waals surface area (Å²) in [6.07, 6.45) is 0.562. The predicted octanol–water partition coefficient (Wildman–Crippen LogP) is 3.59. The molecular formula is C18H17ClN2O3. The molecule has 1 N–H and O–H groups in total. The highest BCUT2D eigenvalue weighted by Crippen LogP contribution is 2.28. The topological polar surface area (TPSA) is 83.1 Å². The number of hydrogen-bond donors (Lipinski definition) is 1. The number of aromatic nitrogens is 1. The maximum Gasteiger partial charge on any atom is 0.271 e. The van der Waals surface area contributed by atoms with E-state index in [1.165, 1.54) is 13.0 Å². The normalized spacial score (nSPS) is 11.8. The number of carbonyl (C=O) groups is 1. The highest BCUT2D eigenvalue weighted by Gasteiger charge is 2.26. The number of halogens is 1. The third kappa shape index (κ3) is 2.93. The minimum atomic E-state index is -0.593. The van der Waals surface area contributed by atoms with Crippen LogP contribution in [0.25, 0.3) is 0 Å². The molecule has 24 heavy (non-hydrogen) atoms. The van der Waals surface area contributed by atoms with Crippen LogP contribution in [-0.4, -0.2) is 15.5 Å². The van der Waals surface area contributed by atoms with Gasteiger partial charge in [-0.05, 0) is 38.0 Å². The summed E-state index contributed by atoms with van der Waals surface area (Å²) in [5.74, 6) is -0.906. The van der Waals surface area contributed by atoms with Gasteiger partial charge in [0.15, 0.2) is 5.78 Å². The highest BCUT2D eigenvalue weighted by molar-refractivity contribution is 6.31. The largest absolute Gasteiger partial charge is 0.494 e. The lowest BCUT2D eigenvalue weighted by Crippen LogP contribution is -2.28. The van der Waals surface area contributed by atoms with Crippen LogP contribution in [0.1, 0.15) is 53.4 Å². The average Bonchev–Trinajstić information content (AvgIpc) is 2.54. The quantitative estimate of drug-likeness (QED) is 0.859. The number of nitriles is 1. The van der Waals surface area contributed by atoms with Crippen LogP contribution in [0.5, 0.6) is 5.88 Å². The van der Waals surface area contributed by atoms with Crippen LogP contribution in [0.15, 0.2) is 29.1 Å². The molecule has 124 valence electrons. The molecule has 0 amide bonds. The van der Waals surface area contributed by atoms with E-state index in [0.29, 0.717) is 11.4 Å². The summed E-state index contributed by atoms with van der Waals surface area (Å²) in [6, 6.07) is 7.80. The molecule has 0 aliphatic heterocycles. The first kappa shape index (κ1) is 17.8. The number of pyridine rings is 1. The Kier molecular flexibility index (Phi) is 5.10. The van der Waals surface area contributed by atoms with Crippen molar-refractivity contribution in [2.75, 3.05) is 0 Å². The van der Waals surface area contributed by atoms with Crippen LogP contribution in [-0.2, 0) is 0 Å². The maximum absolute atomic E-state index is 12.8. The van der Waals surface area contributed by atoms with Crippen LogP contribution in [0, 0.1) is 18.3 Å². The molecule has 0 fully saturated rings. The number of rotatable bonds is 4. The molecule has 1 aromatic heterocycles. The second kappa shape index (κ2) is 6.90. The third-order valence-electron chi connectivity index (χ3n) is 4.09. The van der Waals surface area contributed by atoms with Crippen molar-refractivity contribution < 1.29 is 9.90 Å². The number of aromatic hydroxyl groups is 1. The van der Waals surface area contributed by atoms with Crippen LogP contribution >= 0.6 is 11.6 Å². The van der Waals surface area contributed by atoms with Crippen molar-refractivity contribution in [2.24, 2.45) is 0 Å². The van der Waals surface area contributed by atoms with Crippen LogP contribution in [0.2, 0.25) is 5.02 Å². The number of carbonyl (C=O) groups excluding carboxylic acids is 1. The molecule has 0 saturated heterocycles. The summed E-state index contributed by atoms with van der Waals surface area (Å²) >= 11 is 5.92. The zero-order valence-corrected chi connectivity index (χ0v) is 14.4. The Morgan fingerprint density at radius 1 is 1.46 bits per heavy atom. The third-order valence-corrected chi connectivity index (χ3v) is 4.33. The SMILES string of the molecule is CCC(C)n1c(O)c(C(=O)c2cccc(Cl)c2)c(C)c(C#N)c1=O. The molecule has 0 spiro atoms. The second-order valence-corrected chi connectivity index (χ2v) is 6.02. The van der Waals surface area contributed by atoms with Gasteiger partial charge in [0.2, 0.25) is 5.88 Å². The van der Waals surface area contributed by atoms with E-state index in [9.17, 15) is 20.0 Å². The molecule has 6 heteroatoms. The molecule has 0 aliphatic rings. The van der Waals surface area contributed by atoms with Crippen LogP contribution < -0.4 is 5.56 Å². The summed E-state index contributed by atoms with van der Waals surface area (Å²) in [5.41, 5.74) is -0.333. The molecule has 2 rings (SSSR count). The van der Waals surface area contributed by atoms with Crippen molar-refractivity contribution in [1.29, 1.82) is 5.26 Å². The molecule has 1 aromatic carbocycles. The standard InChI is InChI=1S/C18H17ClN2O3/c1-4-10(2)21-17(23)14(9-20)11(3)15(18(21)24)16(22)12-6-5-7-13(19)8-12/h5-8,10,24H,4H2,1-3H3. The fourth-order valence-corrected chi connectivity index (χ4v) is 2.75. The van der Waals surface area contributed by atoms with Gasteiger partial charge in [-0.3, -0.25) is 14.2 Å². The molecule has 0 radical (unpaired) electrons. The molecule has 0 saturated carbocycles. The fraction of sp³-hybridized carbons (Fsp3) is 0.278. The Labute approximate surface area is 144 Å². The fourth-order valence-electron chi connectivity index (χ4n) is 2.56. The minimum absolute atomic E-state index is 0.0475. The number of ketones is 1. The summed E-state index contributed by atoms with van der Waals surface area (Å²) in [6.45, 7) is 5.07. The number of benzene rings is 1.